The molecular formula is C16H18N2. The molecule has 2 heterocycles. The maximum absolute atomic E-state index is 4.58. The topological polar surface area (TPSA) is 16.1 Å². The van der Waals surface area contributed by atoms with Gasteiger partial charge in [-0.25, -0.2) is 0 Å². The lowest BCUT2D eigenvalue weighted by Crippen LogP contribution is -2.29. The van der Waals surface area contributed by atoms with Gasteiger partial charge < -0.3 is 4.90 Å². The zero-order valence-corrected chi connectivity index (χ0v) is 10.5. The molecule has 0 aliphatic carbocycles. The molecule has 0 radical (unpaired) electrons. The van der Waals surface area contributed by atoms with Crippen LogP contribution in [0.25, 0.3) is 11.3 Å². The number of aromatic nitrogens is 1. The first-order chi connectivity index (χ1) is 8.93. The molecule has 1 aromatic heterocycles. The predicted molar refractivity (Wildman–Crippen MR) is 75.7 cm³/mol. The van der Waals surface area contributed by atoms with Gasteiger partial charge in [-0.15, -0.1) is 0 Å². The number of anilines is 1. The lowest BCUT2D eigenvalue weighted by Gasteiger charge is -2.28. The fraction of sp³-hybridized carbons (Fsp3) is 0.312. The van der Waals surface area contributed by atoms with Crippen LogP contribution in [0.3, 0.4) is 0 Å². The van der Waals surface area contributed by atoms with Crippen LogP contribution in [0.1, 0.15) is 19.3 Å². The summed E-state index contributed by atoms with van der Waals surface area (Å²) in [5.41, 5.74) is 3.49. The number of benzene rings is 1. The minimum atomic E-state index is 1.05. The molecule has 1 aromatic carbocycles. The molecule has 0 saturated carbocycles. The van der Waals surface area contributed by atoms with Gasteiger partial charge in [-0.05, 0) is 31.4 Å². The fourth-order valence-corrected chi connectivity index (χ4v) is 2.50. The number of pyridine rings is 1. The number of hydrogen-bond donors (Lipinski definition) is 0. The Morgan fingerprint density at radius 2 is 1.61 bits per heavy atom. The molecule has 0 bridgehead atoms. The van der Waals surface area contributed by atoms with Crippen LogP contribution in [0.15, 0.2) is 48.7 Å². The molecule has 3 rings (SSSR count). The fourth-order valence-electron chi connectivity index (χ4n) is 2.50. The van der Waals surface area contributed by atoms with Crippen molar-refractivity contribution >= 4 is 5.69 Å². The van der Waals surface area contributed by atoms with E-state index in [0.29, 0.717) is 0 Å². The van der Waals surface area contributed by atoms with Gasteiger partial charge in [0.05, 0.1) is 17.6 Å². The summed E-state index contributed by atoms with van der Waals surface area (Å²) in [6.07, 6.45) is 5.99. The van der Waals surface area contributed by atoms with Crippen LogP contribution in [-0.2, 0) is 0 Å². The Bertz CT molecular complexity index is 484. The second kappa shape index (κ2) is 5.21. The second-order valence-corrected chi connectivity index (χ2v) is 4.82. The van der Waals surface area contributed by atoms with Crippen molar-refractivity contribution < 1.29 is 0 Å². The summed E-state index contributed by atoms with van der Waals surface area (Å²) in [5, 5.41) is 0. The Labute approximate surface area is 108 Å². The first kappa shape index (κ1) is 11.3. The van der Waals surface area contributed by atoms with Crippen molar-refractivity contribution in [2.75, 3.05) is 18.0 Å². The standard InChI is InChI=1S/C16H18N2/c1-3-7-14(8-4-1)16-10-9-15(13-17-16)18-11-5-2-6-12-18/h1,3-4,7-10,13H,2,5-6,11-12H2. The van der Waals surface area contributed by atoms with Crippen molar-refractivity contribution in [3.8, 4) is 11.3 Å². The van der Waals surface area contributed by atoms with E-state index >= 15 is 0 Å². The van der Waals surface area contributed by atoms with E-state index < -0.39 is 0 Å². The van der Waals surface area contributed by atoms with Crippen LogP contribution in [0.4, 0.5) is 5.69 Å². The van der Waals surface area contributed by atoms with E-state index in [2.05, 4.69) is 46.3 Å². The molecule has 1 fully saturated rings. The van der Waals surface area contributed by atoms with Crippen molar-refractivity contribution in [3.05, 3.63) is 48.7 Å². The first-order valence-corrected chi connectivity index (χ1v) is 6.70. The van der Waals surface area contributed by atoms with Crippen molar-refractivity contribution in [1.82, 2.24) is 4.98 Å². The van der Waals surface area contributed by atoms with Gasteiger partial charge in [0, 0.05) is 18.7 Å². The van der Waals surface area contributed by atoms with Crippen molar-refractivity contribution in [2.24, 2.45) is 0 Å². The van der Waals surface area contributed by atoms with Gasteiger partial charge in [0.15, 0.2) is 0 Å². The summed E-state index contributed by atoms with van der Waals surface area (Å²) < 4.78 is 0. The molecule has 2 aromatic rings. The number of piperidine rings is 1. The normalized spacial score (nSPS) is 15.7. The smallest absolute Gasteiger partial charge is 0.0703 e. The Morgan fingerprint density at radius 3 is 2.28 bits per heavy atom. The molecule has 0 spiro atoms. The van der Waals surface area contributed by atoms with E-state index in [1.54, 1.807) is 0 Å². The first-order valence-electron chi connectivity index (χ1n) is 6.70. The van der Waals surface area contributed by atoms with Gasteiger partial charge in [0.1, 0.15) is 0 Å². The van der Waals surface area contributed by atoms with Gasteiger partial charge in [0.25, 0.3) is 0 Å². The summed E-state index contributed by atoms with van der Waals surface area (Å²) in [6, 6.07) is 14.7. The summed E-state index contributed by atoms with van der Waals surface area (Å²) >= 11 is 0. The third-order valence-electron chi connectivity index (χ3n) is 3.54. The quantitative estimate of drug-likeness (QED) is 0.792. The summed E-state index contributed by atoms with van der Waals surface area (Å²) in [6.45, 7) is 2.35. The zero-order valence-electron chi connectivity index (χ0n) is 10.5. The van der Waals surface area contributed by atoms with E-state index in [9.17, 15) is 0 Å². The van der Waals surface area contributed by atoms with E-state index in [4.69, 9.17) is 0 Å². The third-order valence-corrected chi connectivity index (χ3v) is 3.54. The summed E-state index contributed by atoms with van der Waals surface area (Å²) in [7, 11) is 0. The largest absolute Gasteiger partial charge is 0.370 e. The molecule has 0 N–H and O–H groups in total. The minimum Gasteiger partial charge on any atom is -0.370 e. The maximum Gasteiger partial charge on any atom is 0.0703 e. The van der Waals surface area contributed by atoms with E-state index in [1.165, 1.54) is 43.6 Å². The van der Waals surface area contributed by atoms with Gasteiger partial charge in [-0.3, -0.25) is 4.98 Å². The SMILES string of the molecule is c1ccc(-c2ccc(N3CCCCC3)cn2)cc1. The molecule has 0 atom stereocenters. The molecule has 1 aliphatic heterocycles. The molecule has 18 heavy (non-hydrogen) atoms. The Hall–Kier alpha value is -1.83. The predicted octanol–water partition coefficient (Wildman–Crippen LogP) is 3.74. The molecule has 0 unspecified atom stereocenters. The highest BCUT2D eigenvalue weighted by Gasteiger charge is 2.11. The second-order valence-electron chi connectivity index (χ2n) is 4.82. The van der Waals surface area contributed by atoms with Gasteiger partial charge in [-0.1, -0.05) is 30.3 Å². The van der Waals surface area contributed by atoms with Gasteiger partial charge in [-0.2, -0.15) is 0 Å². The van der Waals surface area contributed by atoms with Crippen LogP contribution >= 0.6 is 0 Å². The highest BCUT2D eigenvalue weighted by molar-refractivity contribution is 5.61. The van der Waals surface area contributed by atoms with Crippen molar-refractivity contribution in [3.63, 3.8) is 0 Å². The molecule has 92 valence electrons. The lowest BCUT2D eigenvalue weighted by atomic mass is 10.1. The van der Waals surface area contributed by atoms with Crippen LogP contribution in [0.2, 0.25) is 0 Å². The average Bonchev–Trinajstić information content (AvgIpc) is 2.49. The van der Waals surface area contributed by atoms with Gasteiger partial charge >= 0.3 is 0 Å². The maximum atomic E-state index is 4.58. The Balaban J connectivity index is 1.80. The van der Waals surface area contributed by atoms with Crippen molar-refractivity contribution in [2.45, 2.75) is 19.3 Å². The molecular weight excluding hydrogens is 220 g/mol. The highest BCUT2D eigenvalue weighted by atomic mass is 15.1. The molecule has 2 heteroatoms. The minimum absolute atomic E-state index is 1.05. The monoisotopic (exact) mass is 238 g/mol. The van der Waals surface area contributed by atoms with E-state index in [1.807, 2.05) is 12.3 Å². The van der Waals surface area contributed by atoms with E-state index in [0.717, 1.165) is 5.69 Å². The highest BCUT2D eigenvalue weighted by Crippen LogP contribution is 2.22. The van der Waals surface area contributed by atoms with Crippen molar-refractivity contribution in [1.29, 1.82) is 0 Å². The van der Waals surface area contributed by atoms with E-state index in [-0.39, 0.29) is 0 Å². The molecule has 0 amide bonds. The lowest BCUT2D eigenvalue weighted by molar-refractivity contribution is 0.577. The summed E-state index contributed by atoms with van der Waals surface area (Å²) in [4.78, 5) is 7.02. The van der Waals surface area contributed by atoms with Gasteiger partial charge in [0.2, 0.25) is 0 Å². The number of nitrogens with zero attached hydrogens (tertiary/aromatic N) is 2. The molecule has 1 saturated heterocycles. The summed E-state index contributed by atoms with van der Waals surface area (Å²) in [5.74, 6) is 0. The van der Waals surface area contributed by atoms with Crippen LogP contribution < -0.4 is 4.90 Å². The number of hydrogen-bond acceptors (Lipinski definition) is 2. The van der Waals surface area contributed by atoms with Crippen LogP contribution in [0.5, 0.6) is 0 Å². The molecule has 2 nitrogen and oxygen atoms in total. The average molecular weight is 238 g/mol. The zero-order chi connectivity index (χ0) is 12.2. The van der Waals surface area contributed by atoms with Crippen LogP contribution in [0, 0.1) is 0 Å². The molecule has 1 aliphatic rings. The Kier molecular flexibility index (Phi) is 3.26. The van der Waals surface area contributed by atoms with Crippen LogP contribution in [-0.4, -0.2) is 18.1 Å². The Morgan fingerprint density at radius 1 is 0.833 bits per heavy atom. The third kappa shape index (κ3) is 2.37. The number of rotatable bonds is 2.